The Kier molecular flexibility index (Phi) is 5.50. The van der Waals surface area contributed by atoms with Crippen molar-refractivity contribution < 1.29 is 4.79 Å². The van der Waals surface area contributed by atoms with E-state index in [1.54, 1.807) is 27.6 Å². The zero-order chi connectivity index (χ0) is 23.3. The van der Waals surface area contributed by atoms with E-state index in [-0.39, 0.29) is 23.9 Å². The van der Waals surface area contributed by atoms with Crippen molar-refractivity contribution in [1.82, 2.24) is 19.3 Å². The summed E-state index contributed by atoms with van der Waals surface area (Å²) in [7, 11) is 0. The van der Waals surface area contributed by atoms with Crippen LogP contribution in [0.15, 0.2) is 52.5 Å². The monoisotopic (exact) mass is 479 g/mol. The SMILES string of the molecule is Cc1ccc(-n2ncc3c(=O)n4c(nc32)SCC4CC(=O)Nc2cc(Cl)ccc2C)cc1C. The molecule has 3 heterocycles. The number of benzene rings is 2. The fourth-order valence-corrected chi connectivity index (χ4v) is 5.27. The first kappa shape index (κ1) is 21.7. The van der Waals surface area contributed by atoms with Crippen LogP contribution in [-0.2, 0) is 4.79 Å². The first-order chi connectivity index (χ1) is 15.8. The third-order valence-electron chi connectivity index (χ3n) is 6.00. The second kappa shape index (κ2) is 8.35. The number of halogens is 1. The van der Waals surface area contributed by atoms with E-state index < -0.39 is 0 Å². The molecule has 0 fully saturated rings. The van der Waals surface area contributed by atoms with Crippen LogP contribution in [0.2, 0.25) is 5.02 Å². The quantitative estimate of drug-likeness (QED) is 0.424. The number of hydrogen-bond donors (Lipinski definition) is 1. The third-order valence-corrected chi connectivity index (χ3v) is 7.33. The zero-order valence-corrected chi connectivity index (χ0v) is 20.0. The Morgan fingerprint density at radius 3 is 2.73 bits per heavy atom. The second-order valence-electron chi connectivity index (χ2n) is 8.31. The Balaban J connectivity index is 1.45. The Morgan fingerprint density at radius 2 is 1.94 bits per heavy atom. The van der Waals surface area contributed by atoms with Gasteiger partial charge in [-0.3, -0.25) is 14.2 Å². The van der Waals surface area contributed by atoms with Gasteiger partial charge in [0.1, 0.15) is 5.39 Å². The number of carbonyl (C=O) groups is 1. The molecule has 1 aliphatic rings. The summed E-state index contributed by atoms with van der Waals surface area (Å²) >= 11 is 7.54. The number of aryl methyl sites for hydroxylation is 3. The molecular formula is C24H22ClN5O2S. The van der Waals surface area contributed by atoms with Crippen molar-refractivity contribution >= 4 is 46.0 Å². The van der Waals surface area contributed by atoms with Crippen molar-refractivity contribution in [3.05, 3.63) is 74.7 Å². The van der Waals surface area contributed by atoms with Gasteiger partial charge in [0.05, 0.1) is 17.9 Å². The molecule has 2 aromatic carbocycles. The van der Waals surface area contributed by atoms with Crippen LogP contribution in [0.3, 0.4) is 0 Å². The van der Waals surface area contributed by atoms with Gasteiger partial charge in [-0.15, -0.1) is 0 Å². The van der Waals surface area contributed by atoms with Crippen LogP contribution in [0.1, 0.15) is 29.2 Å². The summed E-state index contributed by atoms with van der Waals surface area (Å²) < 4.78 is 3.33. The van der Waals surface area contributed by atoms with E-state index in [9.17, 15) is 9.59 Å². The van der Waals surface area contributed by atoms with E-state index in [1.807, 2.05) is 38.1 Å². The average Bonchev–Trinajstić information content (AvgIpc) is 3.38. The van der Waals surface area contributed by atoms with Gasteiger partial charge in [0.25, 0.3) is 5.56 Å². The lowest BCUT2D eigenvalue weighted by Gasteiger charge is -2.14. The lowest BCUT2D eigenvalue weighted by molar-refractivity contribution is -0.116. The number of hydrogen-bond acceptors (Lipinski definition) is 5. The molecule has 4 aromatic rings. The number of fused-ring (bicyclic) bond motifs is 2. The molecule has 1 atom stereocenters. The number of aromatic nitrogens is 4. The minimum absolute atomic E-state index is 0.170. The van der Waals surface area contributed by atoms with Gasteiger partial charge in [0.15, 0.2) is 10.8 Å². The second-order valence-corrected chi connectivity index (χ2v) is 9.73. The summed E-state index contributed by atoms with van der Waals surface area (Å²) in [4.78, 5) is 30.8. The Labute approximate surface area is 199 Å². The highest BCUT2D eigenvalue weighted by Crippen LogP contribution is 2.34. The molecule has 0 radical (unpaired) electrons. The van der Waals surface area contributed by atoms with E-state index in [0.717, 1.165) is 16.8 Å². The van der Waals surface area contributed by atoms with Crippen LogP contribution in [0.25, 0.3) is 16.7 Å². The maximum atomic E-state index is 13.3. The fraction of sp³-hybridized carbons (Fsp3) is 0.250. The van der Waals surface area contributed by atoms with Crippen molar-refractivity contribution in [2.75, 3.05) is 11.1 Å². The largest absolute Gasteiger partial charge is 0.326 e. The topological polar surface area (TPSA) is 81.8 Å². The van der Waals surface area contributed by atoms with E-state index in [1.165, 1.54) is 17.3 Å². The number of amides is 1. The molecule has 7 nitrogen and oxygen atoms in total. The smallest absolute Gasteiger partial charge is 0.265 e. The number of anilines is 1. The van der Waals surface area contributed by atoms with E-state index in [4.69, 9.17) is 16.6 Å². The van der Waals surface area contributed by atoms with E-state index in [2.05, 4.69) is 17.3 Å². The molecule has 1 N–H and O–H groups in total. The molecule has 33 heavy (non-hydrogen) atoms. The maximum absolute atomic E-state index is 13.3. The van der Waals surface area contributed by atoms with Crippen LogP contribution >= 0.6 is 23.4 Å². The summed E-state index contributed by atoms with van der Waals surface area (Å²) in [6, 6.07) is 11.1. The normalized spacial score (nSPS) is 15.1. The maximum Gasteiger partial charge on any atom is 0.265 e. The zero-order valence-electron chi connectivity index (χ0n) is 18.4. The lowest BCUT2D eigenvalue weighted by atomic mass is 10.1. The molecule has 0 saturated heterocycles. The summed E-state index contributed by atoms with van der Waals surface area (Å²) in [6.07, 6.45) is 1.73. The van der Waals surface area contributed by atoms with Crippen LogP contribution in [0.5, 0.6) is 0 Å². The number of nitrogens with one attached hydrogen (secondary N) is 1. The molecule has 5 rings (SSSR count). The molecule has 0 bridgehead atoms. The van der Waals surface area contributed by atoms with E-state index in [0.29, 0.717) is 32.7 Å². The molecule has 0 spiro atoms. The van der Waals surface area contributed by atoms with Crippen LogP contribution < -0.4 is 10.9 Å². The first-order valence-electron chi connectivity index (χ1n) is 10.6. The van der Waals surface area contributed by atoms with Crippen molar-refractivity contribution in [3.63, 3.8) is 0 Å². The molecule has 1 aliphatic heterocycles. The molecule has 1 amide bonds. The lowest BCUT2D eigenvalue weighted by Crippen LogP contribution is -2.27. The number of rotatable bonds is 4. The van der Waals surface area contributed by atoms with Gasteiger partial charge in [-0.05, 0) is 61.7 Å². The van der Waals surface area contributed by atoms with Gasteiger partial charge in [0, 0.05) is 22.9 Å². The van der Waals surface area contributed by atoms with E-state index >= 15 is 0 Å². The minimum atomic E-state index is -0.279. The standard InChI is InChI=1S/C24H22ClN5O2S/c1-13-5-7-17(8-15(13)3)30-22-19(11-26-30)23(32)29-18(12-33-24(29)28-22)10-21(31)27-20-9-16(25)6-4-14(20)2/h4-9,11,18H,10,12H2,1-3H3,(H,27,31). The van der Waals surface area contributed by atoms with Gasteiger partial charge in [0.2, 0.25) is 5.91 Å². The van der Waals surface area contributed by atoms with Gasteiger partial charge < -0.3 is 5.32 Å². The van der Waals surface area contributed by atoms with Crippen LogP contribution in [0.4, 0.5) is 5.69 Å². The van der Waals surface area contributed by atoms with Crippen LogP contribution in [0, 0.1) is 20.8 Å². The summed E-state index contributed by atoms with van der Waals surface area (Å²) in [5.74, 6) is 0.435. The average molecular weight is 480 g/mol. The van der Waals surface area contributed by atoms with Crippen molar-refractivity contribution in [2.24, 2.45) is 0 Å². The predicted molar refractivity (Wildman–Crippen MR) is 132 cm³/mol. The number of thioether (sulfide) groups is 1. The van der Waals surface area contributed by atoms with Crippen molar-refractivity contribution in [1.29, 1.82) is 0 Å². The molecule has 168 valence electrons. The fourth-order valence-electron chi connectivity index (χ4n) is 3.97. The molecule has 9 heteroatoms. The summed E-state index contributed by atoms with van der Waals surface area (Å²) in [5, 5.41) is 8.96. The highest BCUT2D eigenvalue weighted by molar-refractivity contribution is 7.99. The third kappa shape index (κ3) is 3.94. The van der Waals surface area contributed by atoms with Gasteiger partial charge >= 0.3 is 0 Å². The molecule has 0 saturated carbocycles. The van der Waals surface area contributed by atoms with Crippen molar-refractivity contribution in [2.45, 2.75) is 38.4 Å². The molecular weight excluding hydrogens is 458 g/mol. The molecule has 1 unspecified atom stereocenters. The Morgan fingerprint density at radius 1 is 1.15 bits per heavy atom. The van der Waals surface area contributed by atoms with Gasteiger partial charge in [-0.2, -0.15) is 5.10 Å². The van der Waals surface area contributed by atoms with Crippen LogP contribution in [-0.4, -0.2) is 31.0 Å². The summed E-state index contributed by atoms with van der Waals surface area (Å²) in [5.41, 5.74) is 5.15. The van der Waals surface area contributed by atoms with Gasteiger partial charge in [-0.1, -0.05) is 35.5 Å². The Bertz CT molecular complexity index is 1480. The highest BCUT2D eigenvalue weighted by Gasteiger charge is 2.29. The summed E-state index contributed by atoms with van der Waals surface area (Å²) in [6.45, 7) is 6.00. The predicted octanol–water partition coefficient (Wildman–Crippen LogP) is 4.84. The highest BCUT2D eigenvalue weighted by atomic mass is 35.5. The number of nitrogens with zero attached hydrogens (tertiary/aromatic N) is 4. The minimum Gasteiger partial charge on any atom is -0.326 e. The van der Waals surface area contributed by atoms with Gasteiger partial charge in [-0.25, -0.2) is 9.67 Å². The Hall–Kier alpha value is -3.10. The first-order valence-corrected chi connectivity index (χ1v) is 11.9. The molecule has 2 aromatic heterocycles. The van der Waals surface area contributed by atoms with Crippen molar-refractivity contribution in [3.8, 4) is 5.69 Å². The molecule has 0 aliphatic carbocycles. The number of carbonyl (C=O) groups excluding carboxylic acids is 1.